The zero-order valence-corrected chi connectivity index (χ0v) is 18.1. The number of benzene rings is 2. The molecule has 0 atom stereocenters. The third-order valence-corrected chi connectivity index (χ3v) is 6.53. The maximum atomic E-state index is 13.3. The Bertz CT molecular complexity index is 1060. The van der Waals surface area contributed by atoms with E-state index in [9.17, 15) is 9.18 Å². The number of aromatic amines is 1. The Balaban J connectivity index is 1.62. The normalized spacial score (nSPS) is 14.5. The number of hydrogen-bond acceptors (Lipinski definition) is 5. The van der Waals surface area contributed by atoms with Crippen molar-refractivity contribution in [3.05, 3.63) is 60.7 Å². The summed E-state index contributed by atoms with van der Waals surface area (Å²) in [7, 11) is 0. The van der Waals surface area contributed by atoms with Crippen molar-refractivity contribution in [2.24, 2.45) is 0 Å². The molecule has 0 radical (unpaired) electrons. The number of hydrogen-bond donors (Lipinski definition) is 2. The summed E-state index contributed by atoms with van der Waals surface area (Å²) in [6.07, 6.45) is 8.58. The molecule has 0 amide bonds. The van der Waals surface area contributed by atoms with Crippen molar-refractivity contribution in [3.8, 4) is 0 Å². The van der Waals surface area contributed by atoms with E-state index in [1.54, 1.807) is 18.2 Å². The molecule has 0 unspecified atom stereocenters. The van der Waals surface area contributed by atoms with Crippen molar-refractivity contribution in [2.45, 2.75) is 60.7 Å². The van der Waals surface area contributed by atoms with Crippen LogP contribution in [0.25, 0.3) is 11.0 Å². The van der Waals surface area contributed by atoms with Crippen molar-refractivity contribution < 1.29 is 14.0 Å². The van der Waals surface area contributed by atoms with Crippen molar-refractivity contribution in [2.75, 3.05) is 5.48 Å². The first-order valence-electron chi connectivity index (χ1n) is 10.7. The van der Waals surface area contributed by atoms with E-state index in [0.717, 1.165) is 39.5 Å². The first-order chi connectivity index (χ1) is 15.1. The number of nitrogens with one attached hydrogen (secondary N) is 2. The molecule has 1 heterocycles. The number of halogens is 1. The number of carbonyl (C=O) groups excluding carboxylic acids is 1. The molecule has 5 nitrogen and oxygen atoms in total. The average Bonchev–Trinajstić information content (AvgIpc) is 3.21. The van der Waals surface area contributed by atoms with Crippen LogP contribution in [0.2, 0.25) is 0 Å². The van der Waals surface area contributed by atoms with Gasteiger partial charge in [-0.1, -0.05) is 37.1 Å². The Morgan fingerprint density at radius 3 is 2.77 bits per heavy atom. The van der Waals surface area contributed by atoms with Gasteiger partial charge >= 0.3 is 5.97 Å². The van der Waals surface area contributed by atoms with E-state index in [1.807, 2.05) is 12.1 Å². The molecule has 1 aliphatic carbocycles. The highest BCUT2D eigenvalue weighted by Crippen LogP contribution is 2.38. The summed E-state index contributed by atoms with van der Waals surface area (Å²) in [5, 5.41) is 0. The van der Waals surface area contributed by atoms with Gasteiger partial charge in [-0.3, -0.25) is 0 Å². The lowest BCUT2D eigenvalue weighted by Gasteiger charge is -2.18. The van der Waals surface area contributed by atoms with Crippen LogP contribution < -0.4 is 5.48 Å². The number of H-pyrrole nitrogens is 1. The van der Waals surface area contributed by atoms with Crippen molar-refractivity contribution in [1.29, 1.82) is 0 Å². The van der Waals surface area contributed by atoms with E-state index >= 15 is 0 Å². The van der Waals surface area contributed by atoms with Gasteiger partial charge in [0.1, 0.15) is 11.6 Å². The van der Waals surface area contributed by atoms with Crippen LogP contribution in [0.1, 0.15) is 56.7 Å². The lowest BCUT2D eigenvalue weighted by molar-refractivity contribution is -0.140. The number of anilines is 1. The molecule has 31 heavy (non-hydrogen) atoms. The fourth-order valence-electron chi connectivity index (χ4n) is 3.80. The third kappa shape index (κ3) is 5.47. The zero-order valence-electron chi connectivity index (χ0n) is 17.3. The lowest BCUT2D eigenvalue weighted by Crippen LogP contribution is -2.10. The van der Waals surface area contributed by atoms with E-state index in [4.69, 9.17) is 9.82 Å². The number of allylic oxidation sites excluding steroid dienone is 1. The van der Waals surface area contributed by atoms with Gasteiger partial charge in [-0.05, 0) is 55.7 Å². The lowest BCUT2D eigenvalue weighted by atomic mass is 9.89. The second-order valence-electron chi connectivity index (χ2n) is 7.78. The van der Waals surface area contributed by atoms with Gasteiger partial charge in [-0.15, -0.1) is 6.58 Å². The van der Waals surface area contributed by atoms with Crippen LogP contribution in [0, 0.1) is 5.82 Å². The van der Waals surface area contributed by atoms with Gasteiger partial charge < -0.3 is 9.82 Å². The quantitative estimate of drug-likeness (QED) is 0.301. The predicted molar refractivity (Wildman–Crippen MR) is 122 cm³/mol. The molecule has 3 aromatic rings. The first kappa shape index (κ1) is 21.4. The molecule has 162 valence electrons. The monoisotopic (exact) mass is 439 g/mol. The van der Waals surface area contributed by atoms with Crippen molar-refractivity contribution in [3.63, 3.8) is 0 Å². The maximum Gasteiger partial charge on any atom is 0.332 e. The number of aromatic nitrogens is 2. The molecule has 1 fully saturated rings. The van der Waals surface area contributed by atoms with E-state index in [1.165, 1.54) is 43.2 Å². The molecule has 1 aromatic heterocycles. The zero-order chi connectivity index (χ0) is 21.6. The van der Waals surface area contributed by atoms with Gasteiger partial charge in [-0.25, -0.2) is 19.6 Å². The molecule has 2 aromatic carbocycles. The van der Waals surface area contributed by atoms with Crippen molar-refractivity contribution in [1.82, 2.24) is 9.97 Å². The SMILES string of the molecule is C=CCCC(=O)ONc1cc2[nH]c(C3CCCCC3)nc2cc1Sc1ccc(F)cc1. The predicted octanol–water partition coefficient (Wildman–Crippen LogP) is 6.74. The molecule has 0 bridgehead atoms. The third-order valence-electron chi connectivity index (χ3n) is 5.46. The van der Waals surface area contributed by atoms with Gasteiger partial charge in [0, 0.05) is 15.7 Å². The van der Waals surface area contributed by atoms with Gasteiger partial charge in [-0.2, -0.15) is 0 Å². The highest BCUT2D eigenvalue weighted by Gasteiger charge is 2.20. The topological polar surface area (TPSA) is 67.0 Å². The summed E-state index contributed by atoms with van der Waals surface area (Å²) < 4.78 is 13.3. The van der Waals surface area contributed by atoms with Crippen LogP contribution >= 0.6 is 11.8 Å². The fourth-order valence-corrected chi connectivity index (χ4v) is 4.71. The van der Waals surface area contributed by atoms with Crippen LogP contribution in [0.3, 0.4) is 0 Å². The first-order valence-corrected chi connectivity index (χ1v) is 11.5. The van der Waals surface area contributed by atoms with Gasteiger partial charge in [0.15, 0.2) is 0 Å². The summed E-state index contributed by atoms with van der Waals surface area (Å²) in [5.41, 5.74) is 5.23. The number of fused-ring (bicyclic) bond motifs is 1. The Morgan fingerprint density at radius 1 is 1.26 bits per heavy atom. The van der Waals surface area contributed by atoms with Gasteiger partial charge in [0.25, 0.3) is 0 Å². The van der Waals surface area contributed by atoms with Crippen LogP contribution in [0.15, 0.2) is 58.8 Å². The fraction of sp³-hybridized carbons (Fsp3) is 0.333. The summed E-state index contributed by atoms with van der Waals surface area (Å²) in [6, 6.07) is 10.2. The molecule has 0 aliphatic heterocycles. The molecule has 7 heteroatoms. The van der Waals surface area contributed by atoms with Crippen LogP contribution in [-0.2, 0) is 9.63 Å². The van der Waals surface area contributed by atoms with Crippen LogP contribution in [-0.4, -0.2) is 15.9 Å². The molecule has 0 saturated heterocycles. The Kier molecular flexibility index (Phi) is 6.92. The minimum absolute atomic E-state index is 0.259. The maximum absolute atomic E-state index is 13.3. The van der Waals surface area contributed by atoms with E-state index in [-0.39, 0.29) is 18.2 Å². The smallest absolute Gasteiger partial charge is 0.332 e. The van der Waals surface area contributed by atoms with Crippen molar-refractivity contribution >= 4 is 34.5 Å². The Labute approximate surface area is 185 Å². The Morgan fingerprint density at radius 2 is 2.03 bits per heavy atom. The molecule has 1 aliphatic rings. The second kappa shape index (κ2) is 10.0. The number of rotatable bonds is 8. The molecule has 2 N–H and O–H groups in total. The average molecular weight is 440 g/mol. The number of carbonyl (C=O) groups is 1. The standard InChI is InChI=1S/C24H26FN3O2S/c1-2-3-9-23(29)30-28-21-14-19-20(27-24(26-19)16-7-5-4-6-8-16)15-22(21)31-18-12-10-17(25)11-13-18/h2,10-16,28H,1,3-9H2,(H,26,27). The number of nitrogens with zero attached hydrogens (tertiary/aromatic N) is 1. The summed E-state index contributed by atoms with van der Waals surface area (Å²) in [6.45, 7) is 3.62. The highest BCUT2D eigenvalue weighted by atomic mass is 32.2. The van der Waals surface area contributed by atoms with Crippen LogP contribution in [0.5, 0.6) is 0 Å². The summed E-state index contributed by atoms with van der Waals surface area (Å²) in [4.78, 5) is 27.3. The highest BCUT2D eigenvalue weighted by molar-refractivity contribution is 7.99. The van der Waals surface area contributed by atoms with Gasteiger partial charge in [0.2, 0.25) is 0 Å². The minimum atomic E-state index is -0.356. The molecule has 0 spiro atoms. The molecular weight excluding hydrogens is 413 g/mol. The van der Waals surface area contributed by atoms with E-state index in [2.05, 4.69) is 17.0 Å². The minimum Gasteiger partial charge on any atom is -0.343 e. The second-order valence-corrected chi connectivity index (χ2v) is 8.90. The summed E-state index contributed by atoms with van der Waals surface area (Å²) >= 11 is 1.46. The van der Waals surface area contributed by atoms with Gasteiger partial charge in [0.05, 0.1) is 23.1 Å². The summed E-state index contributed by atoms with van der Waals surface area (Å²) in [5.74, 6) is 0.846. The Hall–Kier alpha value is -2.80. The molecular formula is C24H26FN3O2S. The van der Waals surface area contributed by atoms with Crippen LogP contribution in [0.4, 0.5) is 10.1 Å². The largest absolute Gasteiger partial charge is 0.343 e. The van der Waals surface area contributed by atoms with E-state index < -0.39 is 0 Å². The molecule has 4 rings (SSSR count). The number of imidazole rings is 1. The molecule has 1 saturated carbocycles. The van der Waals surface area contributed by atoms with E-state index in [0.29, 0.717) is 18.0 Å².